The van der Waals surface area contributed by atoms with Crippen LogP contribution in [0.4, 0.5) is 4.79 Å². The Bertz CT molecular complexity index is 992. The maximum Gasteiger partial charge on any atom is 0.408 e. The number of alkyl carbamates (subject to hydrolysis) is 1. The Balaban J connectivity index is 2.07. The largest absolute Gasteiger partial charge is 0.466 e. The summed E-state index contributed by atoms with van der Waals surface area (Å²) in [4.78, 5) is 48.9. The normalized spacial score (nSPS) is 19.1. The molecule has 192 valence electrons. The van der Waals surface area contributed by atoms with Crippen LogP contribution in [-0.2, 0) is 30.3 Å². The molecule has 2 rings (SSSR count). The third-order valence-electron chi connectivity index (χ3n) is 6.00. The fourth-order valence-electron chi connectivity index (χ4n) is 3.56. The Morgan fingerprint density at radius 3 is 2.14 bits per heavy atom. The van der Waals surface area contributed by atoms with E-state index in [1.165, 1.54) is 7.11 Å². The van der Waals surface area contributed by atoms with Gasteiger partial charge in [-0.3, -0.25) is 9.59 Å². The van der Waals surface area contributed by atoms with Gasteiger partial charge in [0.25, 0.3) is 0 Å². The van der Waals surface area contributed by atoms with Crippen molar-refractivity contribution in [3.63, 3.8) is 0 Å². The molecule has 1 aliphatic rings. The van der Waals surface area contributed by atoms with E-state index in [-0.39, 0.29) is 41.0 Å². The van der Waals surface area contributed by atoms with Crippen LogP contribution in [0.3, 0.4) is 0 Å². The number of carbonyl (C=O) groups is 4. The third-order valence-corrected chi connectivity index (χ3v) is 6.00. The second-order valence-electron chi connectivity index (χ2n) is 10.7. The number of benzene rings is 1. The lowest BCUT2D eigenvalue weighted by molar-refractivity contribution is -0.139. The second kappa shape index (κ2) is 10.5. The van der Waals surface area contributed by atoms with Gasteiger partial charge in [-0.1, -0.05) is 32.6 Å². The van der Waals surface area contributed by atoms with Crippen molar-refractivity contribution in [2.45, 2.75) is 78.0 Å². The molecule has 1 saturated carbocycles. The minimum absolute atomic E-state index is 0.0104. The molecular weight excluding hydrogens is 452 g/mol. The summed E-state index contributed by atoms with van der Waals surface area (Å²) >= 11 is 0. The number of carbonyl (C=O) groups excluding carboxylic acids is 4. The maximum atomic E-state index is 13.1. The van der Waals surface area contributed by atoms with Gasteiger partial charge in [0.15, 0.2) is 0 Å². The first kappa shape index (κ1) is 27.9. The lowest BCUT2D eigenvalue weighted by Crippen LogP contribution is -2.52. The van der Waals surface area contributed by atoms with Gasteiger partial charge in [0.2, 0.25) is 5.91 Å². The molecule has 35 heavy (non-hydrogen) atoms. The first-order valence-electron chi connectivity index (χ1n) is 11.4. The van der Waals surface area contributed by atoms with Crippen LogP contribution >= 0.6 is 0 Å². The zero-order valence-corrected chi connectivity index (χ0v) is 21.6. The van der Waals surface area contributed by atoms with Gasteiger partial charge in [-0.05, 0) is 57.2 Å². The molecule has 2 amide bonds. The molecule has 2 atom stereocenters. The van der Waals surface area contributed by atoms with Gasteiger partial charge in [-0.2, -0.15) is 0 Å². The minimum atomic E-state index is -0.866. The second-order valence-corrected chi connectivity index (χ2v) is 10.7. The molecule has 1 aromatic rings. The maximum absolute atomic E-state index is 13.1. The van der Waals surface area contributed by atoms with Crippen molar-refractivity contribution in [3.8, 4) is 5.75 Å². The highest BCUT2D eigenvalue weighted by atomic mass is 16.6. The molecule has 1 aromatic carbocycles. The summed E-state index contributed by atoms with van der Waals surface area (Å²) in [6.45, 7) is 14.9. The lowest BCUT2D eigenvalue weighted by Gasteiger charge is -2.25. The monoisotopic (exact) mass is 488 g/mol. The highest BCUT2D eigenvalue weighted by molar-refractivity contribution is 5.93. The number of methoxy groups -OCH3 is 1. The van der Waals surface area contributed by atoms with Crippen LogP contribution in [0.25, 0.3) is 0 Å². The molecule has 9 heteroatoms. The Morgan fingerprint density at radius 1 is 1.09 bits per heavy atom. The summed E-state index contributed by atoms with van der Waals surface area (Å²) < 4.78 is 15.1. The van der Waals surface area contributed by atoms with Crippen LogP contribution in [0.1, 0.15) is 59.9 Å². The van der Waals surface area contributed by atoms with Crippen LogP contribution in [0.15, 0.2) is 36.4 Å². The number of amides is 2. The van der Waals surface area contributed by atoms with Gasteiger partial charge in [0.1, 0.15) is 17.4 Å². The smallest absolute Gasteiger partial charge is 0.408 e. The molecule has 9 nitrogen and oxygen atoms in total. The molecule has 0 saturated heterocycles. The van der Waals surface area contributed by atoms with Crippen molar-refractivity contribution < 1.29 is 33.4 Å². The first-order valence-corrected chi connectivity index (χ1v) is 11.4. The lowest BCUT2D eigenvalue weighted by atomic mass is 10.0. The van der Waals surface area contributed by atoms with E-state index in [1.807, 2.05) is 6.92 Å². The molecule has 0 aromatic heterocycles. The van der Waals surface area contributed by atoms with E-state index in [4.69, 9.17) is 9.47 Å². The number of rotatable bonds is 9. The Labute approximate surface area is 206 Å². The van der Waals surface area contributed by atoms with E-state index >= 15 is 0 Å². The average molecular weight is 489 g/mol. The summed E-state index contributed by atoms with van der Waals surface area (Å²) in [5, 5.41) is 5.73. The summed E-state index contributed by atoms with van der Waals surface area (Å²) in [5.74, 6) is -1.37. The zero-order chi connectivity index (χ0) is 26.6. The molecule has 0 aliphatic heterocycles. The molecule has 0 heterocycles. The number of nitrogens with one attached hydrogen (secondary N) is 2. The molecule has 1 fully saturated rings. The van der Waals surface area contributed by atoms with Crippen LogP contribution in [-0.4, -0.2) is 48.2 Å². The molecule has 0 bridgehead atoms. The van der Waals surface area contributed by atoms with E-state index in [0.29, 0.717) is 0 Å². The van der Waals surface area contributed by atoms with E-state index in [1.54, 1.807) is 45.0 Å². The van der Waals surface area contributed by atoms with E-state index < -0.39 is 29.7 Å². The van der Waals surface area contributed by atoms with E-state index in [2.05, 4.69) is 35.8 Å². The summed E-state index contributed by atoms with van der Waals surface area (Å²) in [6.07, 6.45) is 0.0581. The van der Waals surface area contributed by atoms with Crippen molar-refractivity contribution >= 4 is 23.9 Å². The van der Waals surface area contributed by atoms with Crippen LogP contribution in [0.2, 0.25) is 0 Å². The standard InChI is InChI=1S/C26H36N2O7/c1-16(22(31)33-8)13-20(29)34-18-11-9-17(10-12-18)14-19(27-23(32)35-24(2,3)4)21(30)28-26(7)15-25(26,5)6/h9-12,19H,1,13-15H2,2-8H3,(H,27,32)(H,28,30). The highest BCUT2D eigenvalue weighted by Gasteiger charge is 2.58. The van der Waals surface area contributed by atoms with Crippen LogP contribution < -0.4 is 15.4 Å². The van der Waals surface area contributed by atoms with Gasteiger partial charge >= 0.3 is 18.0 Å². The van der Waals surface area contributed by atoms with Gasteiger partial charge in [0.05, 0.1) is 13.5 Å². The number of ether oxygens (including phenoxy) is 3. The van der Waals surface area contributed by atoms with E-state index in [9.17, 15) is 19.2 Å². The Hall–Kier alpha value is -3.36. The zero-order valence-electron chi connectivity index (χ0n) is 21.6. The quantitative estimate of drug-likeness (QED) is 0.310. The fraction of sp³-hybridized carbons (Fsp3) is 0.538. The topological polar surface area (TPSA) is 120 Å². The average Bonchev–Trinajstić information content (AvgIpc) is 3.22. The Kier molecular flexibility index (Phi) is 8.36. The van der Waals surface area contributed by atoms with Crippen LogP contribution in [0.5, 0.6) is 5.75 Å². The summed E-state index contributed by atoms with van der Waals surface area (Å²) in [5.41, 5.74) is -0.349. The van der Waals surface area contributed by atoms with Crippen LogP contribution in [0, 0.1) is 5.41 Å². The van der Waals surface area contributed by atoms with Gasteiger partial charge in [0, 0.05) is 17.5 Å². The third kappa shape index (κ3) is 8.12. The molecule has 2 N–H and O–H groups in total. The minimum Gasteiger partial charge on any atom is -0.466 e. The van der Waals surface area contributed by atoms with Gasteiger partial charge < -0.3 is 24.8 Å². The van der Waals surface area contributed by atoms with E-state index in [0.717, 1.165) is 12.0 Å². The molecule has 1 aliphatic carbocycles. The van der Waals surface area contributed by atoms with Gasteiger partial charge in [-0.25, -0.2) is 9.59 Å². The van der Waals surface area contributed by atoms with Gasteiger partial charge in [-0.15, -0.1) is 0 Å². The summed E-state index contributed by atoms with van der Waals surface area (Å²) in [7, 11) is 1.20. The SMILES string of the molecule is C=C(CC(=O)Oc1ccc(CC(NC(=O)OC(C)(C)C)C(=O)NC2(C)CC2(C)C)cc1)C(=O)OC. The van der Waals surface area contributed by atoms with Crippen molar-refractivity contribution in [1.29, 1.82) is 0 Å². The number of esters is 2. The van der Waals surface area contributed by atoms with Crippen molar-refractivity contribution in [1.82, 2.24) is 10.6 Å². The molecule has 2 unspecified atom stereocenters. The first-order chi connectivity index (χ1) is 16.0. The Morgan fingerprint density at radius 2 is 1.66 bits per heavy atom. The molecule has 0 radical (unpaired) electrons. The molecular formula is C26H36N2O7. The predicted octanol–water partition coefficient (Wildman–Crippen LogP) is 3.45. The van der Waals surface area contributed by atoms with Crippen molar-refractivity contribution in [2.24, 2.45) is 5.41 Å². The molecule has 0 spiro atoms. The fourth-order valence-corrected chi connectivity index (χ4v) is 3.56. The van der Waals surface area contributed by atoms with Crippen molar-refractivity contribution in [2.75, 3.05) is 7.11 Å². The summed E-state index contributed by atoms with van der Waals surface area (Å²) in [6, 6.07) is 5.66. The van der Waals surface area contributed by atoms with Crippen molar-refractivity contribution in [3.05, 3.63) is 42.0 Å². The number of hydrogen-bond donors (Lipinski definition) is 2. The highest BCUT2D eigenvalue weighted by Crippen LogP contribution is 2.55. The number of hydrogen-bond acceptors (Lipinski definition) is 7. The predicted molar refractivity (Wildman–Crippen MR) is 130 cm³/mol.